The summed E-state index contributed by atoms with van der Waals surface area (Å²) in [6.07, 6.45) is 1.58. The van der Waals surface area contributed by atoms with Gasteiger partial charge in [0.1, 0.15) is 11.6 Å². The molecule has 0 unspecified atom stereocenters. The van der Waals surface area contributed by atoms with Gasteiger partial charge in [-0.3, -0.25) is 14.6 Å². The van der Waals surface area contributed by atoms with Crippen molar-refractivity contribution in [2.45, 2.75) is 18.9 Å². The van der Waals surface area contributed by atoms with Gasteiger partial charge in [-0.1, -0.05) is 18.2 Å². The Labute approximate surface area is 167 Å². The first-order valence-electron chi connectivity index (χ1n) is 9.16. The normalized spacial score (nSPS) is 11.7. The van der Waals surface area contributed by atoms with Crippen LogP contribution in [0.4, 0.5) is 8.78 Å². The number of amides is 1. The summed E-state index contributed by atoms with van der Waals surface area (Å²) in [6.45, 7) is 0. The van der Waals surface area contributed by atoms with Gasteiger partial charge in [0.2, 0.25) is 5.91 Å². The monoisotopic (exact) mass is 394 g/mol. The van der Waals surface area contributed by atoms with Gasteiger partial charge < -0.3 is 4.90 Å². The van der Waals surface area contributed by atoms with Crippen molar-refractivity contribution >= 4 is 11.7 Å². The number of benzene rings is 2. The Balaban J connectivity index is 1.76. The SMILES string of the molecule is CN(C(=O)CCC(=O)c1ccc(F)cc1)[C@H](c1cccc(F)c1)c1ccccn1. The van der Waals surface area contributed by atoms with Crippen LogP contribution < -0.4 is 0 Å². The fourth-order valence-corrected chi connectivity index (χ4v) is 3.13. The molecule has 1 amide bonds. The van der Waals surface area contributed by atoms with Crippen LogP contribution in [0, 0.1) is 11.6 Å². The lowest BCUT2D eigenvalue weighted by atomic mass is 10.0. The van der Waals surface area contributed by atoms with Gasteiger partial charge in [0.15, 0.2) is 5.78 Å². The molecular weight excluding hydrogens is 374 g/mol. The van der Waals surface area contributed by atoms with Crippen LogP contribution in [0.3, 0.4) is 0 Å². The Bertz CT molecular complexity index is 991. The molecule has 6 heteroatoms. The number of pyridine rings is 1. The van der Waals surface area contributed by atoms with Crippen LogP contribution in [0.1, 0.15) is 40.5 Å². The maximum absolute atomic E-state index is 13.8. The van der Waals surface area contributed by atoms with Crippen LogP contribution in [0.5, 0.6) is 0 Å². The molecule has 0 spiro atoms. The summed E-state index contributed by atoms with van der Waals surface area (Å²) in [7, 11) is 1.61. The molecule has 4 nitrogen and oxygen atoms in total. The Morgan fingerprint density at radius 3 is 2.34 bits per heavy atom. The minimum Gasteiger partial charge on any atom is -0.333 e. The van der Waals surface area contributed by atoms with Crippen LogP contribution in [0.25, 0.3) is 0 Å². The highest BCUT2D eigenvalue weighted by Gasteiger charge is 2.25. The lowest BCUT2D eigenvalue weighted by molar-refractivity contribution is -0.131. The van der Waals surface area contributed by atoms with Crippen LogP contribution >= 0.6 is 0 Å². The van der Waals surface area contributed by atoms with Crippen LogP contribution in [-0.4, -0.2) is 28.6 Å². The highest BCUT2D eigenvalue weighted by atomic mass is 19.1. The molecule has 1 aromatic heterocycles. The summed E-state index contributed by atoms with van der Waals surface area (Å²) in [5.41, 5.74) is 1.54. The molecule has 0 N–H and O–H groups in total. The first-order chi connectivity index (χ1) is 14.0. The fourth-order valence-electron chi connectivity index (χ4n) is 3.13. The minimum absolute atomic E-state index is 0.00705. The van der Waals surface area contributed by atoms with E-state index in [4.69, 9.17) is 0 Å². The van der Waals surface area contributed by atoms with Crippen molar-refractivity contribution in [3.8, 4) is 0 Å². The van der Waals surface area contributed by atoms with E-state index >= 15 is 0 Å². The molecule has 0 aliphatic heterocycles. The average Bonchev–Trinajstić information content (AvgIpc) is 2.73. The summed E-state index contributed by atoms with van der Waals surface area (Å²) < 4.78 is 26.8. The third-order valence-electron chi connectivity index (χ3n) is 4.65. The zero-order valence-corrected chi connectivity index (χ0v) is 15.9. The lowest BCUT2D eigenvalue weighted by Gasteiger charge is -2.28. The topological polar surface area (TPSA) is 50.3 Å². The van der Waals surface area contributed by atoms with Gasteiger partial charge in [0.25, 0.3) is 0 Å². The molecule has 1 heterocycles. The molecule has 0 saturated heterocycles. The quantitative estimate of drug-likeness (QED) is 0.552. The van der Waals surface area contributed by atoms with Crippen LogP contribution in [-0.2, 0) is 4.79 Å². The Morgan fingerprint density at radius 1 is 0.931 bits per heavy atom. The second kappa shape index (κ2) is 9.19. The van der Waals surface area contributed by atoms with Crippen LogP contribution in [0.2, 0.25) is 0 Å². The standard InChI is InChI=1S/C23H20F2N2O2/c1-27(22(29)13-12-21(28)16-8-10-18(24)11-9-16)23(20-7-2-3-14-26-20)17-5-4-6-19(25)15-17/h2-11,14-15,23H,12-13H2,1H3/t23-/m1/s1. The van der Waals surface area contributed by atoms with Crippen molar-refractivity contribution in [3.63, 3.8) is 0 Å². The van der Waals surface area contributed by atoms with Crippen molar-refractivity contribution in [2.24, 2.45) is 0 Å². The highest BCUT2D eigenvalue weighted by Crippen LogP contribution is 2.27. The second-order valence-electron chi connectivity index (χ2n) is 6.65. The summed E-state index contributed by atoms with van der Waals surface area (Å²) in [6, 6.07) is 16.0. The minimum atomic E-state index is -0.583. The first kappa shape index (κ1) is 20.3. The molecule has 3 rings (SSSR count). The molecule has 0 fully saturated rings. The van der Waals surface area contributed by atoms with Crippen LogP contribution in [0.15, 0.2) is 72.9 Å². The Kier molecular flexibility index (Phi) is 6.44. The van der Waals surface area contributed by atoms with E-state index in [-0.39, 0.29) is 24.5 Å². The zero-order chi connectivity index (χ0) is 20.8. The van der Waals surface area contributed by atoms with E-state index in [0.29, 0.717) is 16.8 Å². The molecule has 0 aliphatic carbocycles. The maximum Gasteiger partial charge on any atom is 0.223 e. The van der Waals surface area contributed by atoms with E-state index in [1.165, 1.54) is 41.3 Å². The van der Waals surface area contributed by atoms with Crippen molar-refractivity contribution in [1.82, 2.24) is 9.88 Å². The van der Waals surface area contributed by atoms with Gasteiger partial charge in [-0.2, -0.15) is 0 Å². The van der Waals surface area contributed by atoms with Gasteiger partial charge in [-0.05, 0) is 54.1 Å². The number of rotatable bonds is 7. The molecule has 0 aliphatic rings. The largest absolute Gasteiger partial charge is 0.333 e. The fraction of sp³-hybridized carbons (Fsp3) is 0.174. The Hall–Kier alpha value is -3.41. The number of hydrogen-bond acceptors (Lipinski definition) is 3. The predicted octanol–water partition coefficient (Wildman–Crippen LogP) is 4.57. The van der Waals surface area contributed by atoms with E-state index in [1.807, 2.05) is 0 Å². The van der Waals surface area contributed by atoms with Crippen molar-refractivity contribution in [1.29, 1.82) is 0 Å². The number of hydrogen-bond donors (Lipinski definition) is 0. The molecule has 1 atom stereocenters. The summed E-state index contributed by atoms with van der Waals surface area (Å²) in [4.78, 5) is 30.9. The molecule has 0 saturated carbocycles. The van der Waals surface area contributed by atoms with E-state index in [1.54, 1.807) is 43.6 Å². The van der Waals surface area contributed by atoms with Gasteiger partial charge >= 0.3 is 0 Å². The molecule has 148 valence electrons. The molecular formula is C23H20F2N2O2. The van der Waals surface area contributed by atoms with Gasteiger partial charge in [-0.25, -0.2) is 8.78 Å². The summed E-state index contributed by atoms with van der Waals surface area (Å²) in [5.74, 6) is -1.35. The van der Waals surface area contributed by atoms with Crippen molar-refractivity contribution < 1.29 is 18.4 Å². The van der Waals surface area contributed by atoms with E-state index in [2.05, 4.69) is 4.98 Å². The molecule has 0 radical (unpaired) electrons. The highest BCUT2D eigenvalue weighted by molar-refractivity contribution is 5.97. The van der Waals surface area contributed by atoms with Gasteiger partial charge in [0, 0.05) is 31.6 Å². The van der Waals surface area contributed by atoms with Gasteiger partial charge in [0.05, 0.1) is 11.7 Å². The summed E-state index contributed by atoms with van der Waals surface area (Å²) >= 11 is 0. The van der Waals surface area contributed by atoms with E-state index in [0.717, 1.165) is 0 Å². The zero-order valence-electron chi connectivity index (χ0n) is 15.9. The van der Waals surface area contributed by atoms with E-state index < -0.39 is 17.7 Å². The predicted molar refractivity (Wildman–Crippen MR) is 105 cm³/mol. The molecule has 2 aromatic carbocycles. The van der Waals surface area contributed by atoms with Crippen molar-refractivity contribution in [2.75, 3.05) is 7.05 Å². The van der Waals surface area contributed by atoms with Gasteiger partial charge in [-0.15, -0.1) is 0 Å². The number of nitrogens with zero attached hydrogens (tertiary/aromatic N) is 2. The maximum atomic E-state index is 13.8. The van der Waals surface area contributed by atoms with Crippen molar-refractivity contribution in [3.05, 3.63) is 101 Å². The summed E-state index contributed by atoms with van der Waals surface area (Å²) in [5, 5.41) is 0. The third-order valence-corrected chi connectivity index (χ3v) is 4.65. The number of halogens is 2. The number of Topliss-reactive ketones (excluding diaryl/α,β-unsaturated/α-hetero) is 1. The molecule has 3 aromatic rings. The third kappa shape index (κ3) is 5.10. The second-order valence-corrected chi connectivity index (χ2v) is 6.65. The number of ketones is 1. The lowest BCUT2D eigenvalue weighted by Crippen LogP contribution is -2.32. The Morgan fingerprint density at radius 2 is 1.69 bits per heavy atom. The number of carbonyl (C=O) groups is 2. The number of carbonyl (C=O) groups excluding carboxylic acids is 2. The number of aromatic nitrogens is 1. The average molecular weight is 394 g/mol. The molecule has 29 heavy (non-hydrogen) atoms. The molecule has 0 bridgehead atoms. The first-order valence-corrected chi connectivity index (χ1v) is 9.16. The van der Waals surface area contributed by atoms with E-state index in [9.17, 15) is 18.4 Å². The smallest absolute Gasteiger partial charge is 0.223 e.